The van der Waals surface area contributed by atoms with Crippen LogP contribution >= 0.6 is 0 Å². The number of hydrogen-bond acceptors (Lipinski definition) is 3. The Morgan fingerprint density at radius 2 is 1.68 bits per heavy atom. The van der Waals surface area contributed by atoms with E-state index in [0.29, 0.717) is 17.7 Å². The molecule has 2 aromatic heterocycles. The van der Waals surface area contributed by atoms with E-state index in [0.717, 1.165) is 22.9 Å². The number of nitrogens with zero attached hydrogens (tertiary/aromatic N) is 4. The van der Waals surface area contributed by atoms with E-state index in [1.54, 1.807) is 11.6 Å². The lowest BCUT2D eigenvalue weighted by Crippen LogP contribution is -2.29. The zero-order chi connectivity index (χ0) is 24.5. The number of aromatic nitrogens is 3. The highest BCUT2D eigenvalue weighted by Gasteiger charge is 2.37. The summed E-state index contributed by atoms with van der Waals surface area (Å²) in [6.45, 7) is 3.72. The highest BCUT2D eigenvalue weighted by atomic mass is 19.4. The summed E-state index contributed by atoms with van der Waals surface area (Å²) < 4.78 is 44.4. The number of alkyl halides is 3. The van der Waals surface area contributed by atoms with Gasteiger partial charge in [0.15, 0.2) is 0 Å². The van der Waals surface area contributed by atoms with Gasteiger partial charge in [0.05, 0.1) is 35.4 Å². The van der Waals surface area contributed by atoms with Gasteiger partial charge in [-0.15, -0.1) is 0 Å². The maximum atomic E-state index is 13.8. The van der Waals surface area contributed by atoms with Gasteiger partial charge in [-0.25, -0.2) is 4.68 Å². The predicted octanol–water partition coefficient (Wildman–Crippen LogP) is 5.51. The molecule has 0 aliphatic carbocycles. The van der Waals surface area contributed by atoms with Crippen molar-refractivity contribution in [3.8, 4) is 23.0 Å². The molecule has 0 saturated carbocycles. The topological polar surface area (TPSA) is 63.6 Å². The van der Waals surface area contributed by atoms with Crippen LogP contribution in [0.2, 0.25) is 0 Å². The van der Waals surface area contributed by atoms with Gasteiger partial charge >= 0.3 is 6.18 Å². The van der Waals surface area contributed by atoms with Crippen LogP contribution in [0, 0.1) is 18.3 Å². The molecule has 172 valence electrons. The van der Waals surface area contributed by atoms with Gasteiger partial charge in [-0.2, -0.15) is 23.5 Å². The smallest absolute Gasteiger partial charge is 0.303 e. The number of halogens is 3. The molecule has 4 rings (SSSR count). The molecule has 0 amide bonds. The van der Waals surface area contributed by atoms with Gasteiger partial charge < -0.3 is 4.57 Å². The predicted molar refractivity (Wildman–Crippen MR) is 123 cm³/mol. The van der Waals surface area contributed by atoms with Gasteiger partial charge in [-0.3, -0.25) is 4.79 Å². The maximum absolute atomic E-state index is 13.8. The monoisotopic (exact) mass is 462 g/mol. The number of pyridine rings is 1. The van der Waals surface area contributed by atoms with Crippen LogP contribution in [0.5, 0.6) is 0 Å². The summed E-state index contributed by atoms with van der Waals surface area (Å²) in [5.41, 5.74) is 0.361. The van der Waals surface area contributed by atoms with E-state index in [-0.39, 0.29) is 12.2 Å². The van der Waals surface area contributed by atoms with Crippen molar-refractivity contribution in [2.75, 3.05) is 0 Å². The lowest BCUT2D eigenvalue weighted by atomic mass is 10.0. The Kier molecular flexibility index (Phi) is 6.12. The summed E-state index contributed by atoms with van der Waals surface area (Å²) in [6.07, 6.45) is -2.72. The van der Waals surface area contributed by atoms with E-state index in [2.05, 4.69) is 5.10 Å². The van der Waals surface area contributed by atoms with Crippen molar-refractivity contribution in [1.82, 2.24) is 14.3 Å². The van der Waals surface area contributed by atoms with E-state index in [1.165, 1.54) is 16.8 Å². The van der Waals surface area contributed by atoms with Gasteiger partial charge in [0.25, 0.3) is 5.56 Å². The minimum absolute atomic E-state index is 0.0287. The van der Waals surface area contributed by atoms with Crippen molar-refractivity contribution in [3.05, 3.63) is 105 Å². The molecule has 0 aliphatic heterocycles. The Bertz CT molecular complexity index is 1440. The normalized spacial score (nSPS) is 11.4. The van der Waals surface area contributed by atoms with Gasteiger partial charge in [0.2, 0.25) is 0 Å². The van der Waals surface area contributed by atoms with Crippen molar-refractivity contribution in [1.29, 1.82) is 5.26 Å². The molecule has 0 unspecified atom stereocenters. The number of hydrogen-bond donors (Lipinski definition) is 0. The molecule has 5 nitrogen and oxygen atoms in total. The van der Waals surface area contributed by atoms with Crippen LogP contribution in [0.4, 0.5) is 13.2 Å². The first-order valence-corrected chi connectivity index (χ1v) is 10.7. The molecule has 2 aromatic carbocycles. The van der Waals surface area contributed by atoms with Crippen molar-refractivity contribution >= 4 is 0 Å². The molecule has 0 atom stereocenters. The van der Waals surface area contributed by atoms with Crippen LogP contribution < -0.4 is 5.56 Å². The molecule has 0 saturated heterocycles. The molecule has 4 aromatic rings. The Labute approximate surface area is 194 Å². The fourth-order valence-electron chi connectivity index (χ4n) is 4.08. The Balaban J connectivity index is 2.00. The first kappa shape index (κ1) is 23.1. The lowest BCUT2D eigenvalue weighted by molar-refractivity contribution is -0.137. The Morgan fingerprint density at radius 3 is 2.29 bits per heavy atom. The third-order valence-corrected chi connectivity index (χ3v) is 5.83. The first-order chi connectivity index (χ1) is 16.3. The second-order valence-corrected chi connectivity index (χ2v) is 7.83. The van der Waals surface area contributed by atoms with E-state index in [1.807, 2.05) is 61.5 Å². The molecule has 0 aliphatic rings. The molecular formula is C26H21F3N4O. The molecule has 2 heterocycles. The number of aryl methyl sites for hydroxylation is 1. The van der Waals surface area contributed by atoms with Crippen LogP contribution in [0.1, 0.15) is 34.9 Å². The third-order valence-electron chi connectivity index (χ3n) is 5.83. The molecule has 0 N–H and O–H groups in total. The number of nitriles is 1. The van der Waals surface area contributed by atoms with E-state index >= 15 is 0 Å². The number of rotatable bonds is 5. The fraction of sp³-hybridized carbons (Fsp3) is 0.192. The summed E-state index contributed by atoms with van der Waals surface area (Å²) in [4.78, 5) is 13.3. The third kappa shape index (κ3) is 4.13. The standard InChI is InChI=1S/C26H21F3N4O/c1-3-18-9-7-8-10-19(18)16-32-24(13-23(26(27,28)29)21(14-30)25(32)34)22-15-31-33(17(22)2)20-11-5-4-6-12-20/h4-13,15H,3,16H2,1-2H3. The summed E-state index contributed by atoms with van der Waals surface area (Å²) in [5.74, 6) is 0. The fourth-order valence-corrected chi connectivity index (χ4v) is 4.08. The first-order valence-electron chi connectivity index (χ1n) is 10.7. The molecule has 0 radical (unpaired) electrons. The maximum Gasteiger partial charge on any atom is 0.417 e. The van der Waals surface area contributed by atoms with Crippen molar-refractivity contribution in [2.24, 2.45) is 0 Å². The molecule has 0 fully saturated rings. The SMILES string of the molecule is CCc1ccccc1Cn1c(-c2cnn(-c3ccccc3)c2C)cc(C(F)(F)F)c(C#N)c1=O. The molecule has 8 heteroatoms. The number of para-hydroxylation sites is 1. The van der Waals surface area contributed by atoms with Gasteiger partial charge in [0, 0.05) is 5.56 Å². The average molecular weight is 462 g/mol. The highest BCUT2D eigenvalue weighted by Crippen LogP contribution is 2.35. The minimum atomic E-state index is -4.86. The van der Waals surface area contributed by atoms with Crippen molar-refractivity contribution in [3.63, 3.8) is 0 Å². The molecular weight excluding hydrogens is 441 g/mol. The zero-order valence-electron chi connectivity index (χ0n) is 18.6. The summed E-state index contributed by atoms with van der Waals surface area (Å²) in [5, 5.41) is 13.8. The van der Waals surface area contributed by atoms with Crippen LogP contribution in [0.25, 0.3) is 16.9 Å². The zero-order valence-corrected chi connectivity index (χ0v) is 18.6. The largest absolute Gasteiger partial charge is 0.417 e. The molecule has 0 bridgehead atoms. The lowest BCUT2D eigenvalue weighted by Gasteiger charge is -2.18. The van der Waals surface area contributed by atoms with Crippen molar-refractivity contribution < 1.29 is 13.2 Å². The number of benzene rings is 2. The summed E-state index contributed by atoms with van der Waals surface area (Å²) in [7, 11) is 0. The Morgan fingerprint density at radius 1 is 1.03 bits per heavy atom. The van der Waals surface area contributed by atoms with E-state index in [4.69, 9.17) is 0 Å². The summed E-state index contributed by atoms with van der Waals surface area (Å²) >= 11 is 0. The van der Waals surface area contributed by atoms with E-state index in [9.17, 15) is 23.2 Å². The second-order valence-electron chi connectivity index (χ2n) is 7.83. The second kappa shape index (κ2) is 9.02. The van der Waals surface area contributed by atoms with Gasteiger partial charge in [0.1, 0.15) is 11.6 Å². The highest BCUT2D eigenvalue weighted by molar-refractivity contribution is 5.65. The van der Waals surface area contributed by atoms with Gasteiger partial charge in [-0.1, -0.05) is 49.4 Å². The van der Waals surface area contributed by atoms with Crippen LogP contribution in [0.15, 0.2) is 71.7 Å². The van der Waals surface area contributed by atoms with Crippen molar-refractivity contribution in [2.45, 2.75) is 33.0 Å². The van der Waals surface area contributed by atoms with Gasteiger partial charge in [-0.05, 0) is 42.7 Å². The molecule has 0 spiro atoms. The quantitative estimate of drug-likeness (QED) is 0.393. The molecule has 34 heavy (non-hydrogen) atoms. The summed E-state index contributed by atoms with van der Waals surface area (Å²) in [6, 6.07) is 18.9. The minimum Gasteiger partial charge on any atom is -0.303 e. The average Bonchev–Trinajstić information content (AvgIpc) is 3.21. The van der Waals surface area contributed by atoms with E-state index < -0.39 is 22.9 Å². The van der Waals surface area contributed by atoms with Crippen LogP contribution in [-0.4, -0.2) is 14.3 Å². The van der Waals surface area contributed by atoms with Crippen LogP contribution in [0.3, 0.4) is 0 Å². The Hall–Kier alpha value is -4.12. The van der Waals surface area contributed by atoms with Crippen LogP contribution in [-0.2, 0) is 19.1 Å².